The number of methoxy groups -OCH3 is 2. The van der Waals surface area contributed by atoms with E-state index < -0.39 is 0 Å². The molecule has 1 aliphatic heterocycles. The second kappa shape index (κ2) is 10.4. The van der Waals surface area contributed by atoms with Crippen LogP contribution in [0.15, 0.2) is 36.4 Å². The minimum absolute atomic E-state index is 0.0624. The summed E-state index contributed by atoms with van der Waals surface area (Å²) in [6.07, 6.45) is 5.12. The molecule has 4 rings (SSSR count). The van der Waals surface area contributed by atoms with Gasteiger partial charge >= 0.3 is 6.03 Å². The van der Waals surface area contributed by atoms with Crippen LogP contribution in [-0.4, -0.2) is 50.3 Å². The highest BCUT2D eigenvalue weighted by Crippen LogP contribution is 2.50. The minimum atomic E-state index is -0.172. The van der Waals surface area contributed by atoms with Gasteiger partial charge in [-0.25, -0.2) is 4.79 Å². The molecule has 1 aliphatic carbocycles. The molecule has 3 atom stereocenters. The van der Waals surface area contributed by atoms with Crippen LogP contribution >= 0.6 is 11.6 Å². The van der Waals surface area contributed by atoms with Crippen LogP contribution in [0.25, 0.3) is 0 Å². The number of rotatable bonds is 7. The molecule has 2 fully saturated rings. The average molecular weight is 486 g/mol. The third kappa shape index (κ3) is 4.84. The number of halogens is 1. The molecule has 1 saturated carbocycles. The third-order valence-electron chi connectivity index (χ3n) is 7.62. The van der Waals surface area contributed by atoms with Crippen LogP contribution in [0.5, 0.6) is 11.5 Å². The molecule has 0 radical (unpaired) electrons. The number of benzene rings is 2. The molecule has 1 saturated heterocycles. The van der Waals surface area contributed by atoms with Crippen molar-refractivity contribution in [1.82, 2.24) is 10.2 Å². The Labute approximate surface area is 208 Å². The van der Waals surface area contributed by atoms with Gasteiger partial charge in [0.25, 0.3) is 0 Å². The fourth-order valence-electron chi connectivity index (χ4n) is 5.89. The molecule has 2 amide bonds. The second-order valence-corrected chi connectivity index (χ2v) is 9.99. The molecule has 1 heterocycles. The lowest BCUT2D eigenvalue weighted by molar-refractivity contribution is 0.136. The van der Waals surface area contributed by atoms with Gasteiger partial charge in [-0.05, 0) is 87.5 Å². The first-order valence-corrected chi connectivity index (χ1v) is 12.6. The zero-order valence-corrected chi connectivity index (χ0v) is 21.4. The third-order valence-corrected chi connectivity index (χ3v) is 7.86. The van der Waals surface area contributed by atoms with E-state index >= 15 is 0 Å². The number of anilines is 1. The maximum absolute atomic E-state index is 12.8. The number of hydrogen-bond donors (Lipinski definition) is 2. The van der Waals surface area contributed by atoms with E-state index in [0.717, 1.165) is 67.9 Å². The molecule has 34 heavy (non-hydrogen) atoms. The Morgan fingerprint density at radius 1 is 1.15 bits per heavy atom. The number of likely N-dealkylation sites (tertiary alicyclic amines) is 1. The van der Waals surface area contributed by atoms with Crippen molar-refractivity contribution >= 4 is 23.3 Å². The number of ether oxygens (including phenoxy) is 2. The molecular formula is C27H36ClN3O3. The first-order valence-electron chi connectivity index (χ1n) is 12.2. The fourth-order valence-corrected chi connectivity index (χ4v) is 6.06. The van der Waals surface area contributed by atoms with Crippen LogP contribution in [0, 0.1) is 6.92 Å². The molecule has 2 aromatic rings. The van der Waals surface area contributed by atoms with E-state index in [9.17, 15) is 4.79 Å². The molecule has 2 aliphatic rings. The van der Waals surface area contributed by atoms with Crippen LogP contribution < -0.4 is 20.1 Å². The molecule has 3 unspecified atom stereocenters. The predicted molar refractivity (Wildman–Crippen MR) is 137 cm³/mol. The SMILES string of the molecule is CCCN1CCC2(c3ccc(OC)c(OC)c3)CCC(NC(=O)Nc3cc(Cl)ccc3C)CC12. The molecule has 6 nitrogen and oxygen atoms in total. The van der Waals surface area contributed by atoms with Crippen LogP contribution in [0.1, 0.15) is 50.2 Å². The van der Waals surface area contributed by atoms with Crippen molar-refractivity contribution in [3.63, 3.8) is 0 Å². The highest BCUT2D eigenvalue weighted by molar-refractivity contribution is 6.31. The Kier molecular flexibility index (Phi) is 7.58. The maximum Gasteiger partial charge on any atom is 0.319 e. The van der Waals surface area contributed by atoms with Crippen molar-refractivity contribution in [1.29, 1.82) is 0 Å². The zero-order valence-electron chi connectivity index (χ0n) is 20.6. The Balaban J connectivity index is 1.53. The Morgan fingerprint density at radius 3 is 2.68 bits per heavy atom. The van der Waals surface area contributed by atoms with E-state index in [1.165, 1.54) is 5.56 Å². The minimum Gasteiger partial charge on any atom is -0.493 e. The van der Waals surface area contributed by atoms with E-state index in [1.807, 2.05) is 25.1 Å². The van der Waals surface area contributed by atoms with E-state index in [-0.39, 0.29) is 17.5 Å². The number of hydrogen-bond acceptors (Lipinski definition) is 4. The quantitative estimate of drug-likeness (QED) is 0.523. The number of nitrogens with one attached hydrogen (secondary N) is 2. The molecule has 2 aromatic carbocycles. The molecule has 0 spiro atoms. The van der Waals surface area contributed by atoms with Crippen molar-refractivity contribution in [2.45, 2.75) is 63.5 Å². The summed E-state index contributed by atoms with van der Waals surface area (Å²) >= 11 is 6.12. The van der Waals surface area contributed by atoms with Gasteiger partial charge in [0.05, 0.1) is 14.2 Å². The molecule has 184 valence electrons. The van der Waals surface area contributed by atoms with Gasteiger partial charge in [0.2, 0.25) is 0 Å². The summed E-state index contributed by atoms with van der Waals surface area (Å²) in [4.78, 5) is 15.5. The summed E-state index contributed by atoms with van der Waals surface area (Å²) in [5, 5.41) is 6.83. The molecule has 2 N–H and O–H groups in total. The average Bonchev–Trinajstić information content (AvgIpc) is 3.20. The number of fused-ring (bicyclic) bond motifs is 1. The summed E-state index contributed by atoms with van der Waals surface area (Å²) in [6.45, 7) is 6.34. The summed E-state index contributed by atoms with van der Waals surface area (Å²) in [5.41, 5.74) is 3.10. The molecular weight excluding hydrogens is 450 g/mol. The summed E-state index contributed by atoms with van der Waals surface area (Å²) in [7, 11) is 3.36. The van der Waals surface area contributed by atoms with Gasteiger partial charge < -0.3 is 20.1 Å². The molecule has 0 aromatic heterocycles. The van der Waals surface area contributed by atoms with E-state index in [1.54, 1.807) is 20.3 Å². The summed E-state index contributed by atoms with van der Waals surface area (Å²) in [6, 6.07) is 12.2. The Bertz CT molecular complexity index is 1030. The van der Waals surface area contributed by atoms with Crippen molar-refractivity contribution in [2.24, 2.45) is 0 Å². The number of carbonyl (C=O) groups excluding carboxylic acids is 1. The van der Waals surface area contributed by atoms with E-state index in [4.69, 9.17) is 21.1 Å². The van der Waals surface area contributed by atoms with Crippen LogP contribution in [0.4, 0.5) is 10.5 Å². The van der Waals surface area contributed by atoms with Crippen molar-refractivity contribution < 1.29 is 14.3 Å². The normalized spacial score (nSPS) is 24.4. The predicted octanol–water partition coefficient (Wildman–Crippen LogP) is 5.76. The molecule has 7 heteroatoms. The monoisotopic (exact) mass is 485 g/mol. The number of urea groups is 1. The maximum atomic E-state index is 12.8. The van der Waals surface area contributed by atoms with Crippen molar-refractivity contribution in [2.75, 3.05) is 32.6 Å². The Morgan fingerprint density at radius 2 is 1.94 bits per heavy atom. The van der Waals surface area contributed by atoms with Crippen molar-refractivity contribution in [3.05, 3.63) is 52.5 Å². The lowest BCUT2D eigenvalue weighted by Crippen LogP contribution is -2.53. The van der Waals surface area contributed by atoms with Gasteiger partial charge in [0, 0.05) is 28.2 Å². The van der Waals surface area contributed by atoms with Crippen LogP contribution in [0.3, 0.4) is 0 Å². The van der Waals surface area contributed by atoms with Gasteiger partial charge in [0.1, 0.15) is 0 Å². The van der Waals surface area contributed by atoms with Gasteiger partial charge in [-0.2, -0.15) is 0 Å². The van der Waals surface area contributed by atoms with Gasteiger partial charge in [-0.3, -0.25) is 4.90 Å². The summed E-state index contributed by atoms with van der Waals surface area (Å²) < 4.78 is 11.1. The van der Waals surface area contributed by atoms with Gasteiger partial charge in [-0.15, -0.1) is 0 Å². The first-order chi connectivity index (χ1) is 16.4. The topological polar surface area (TPSA) is 62.8 Å². The number of nitrogens with zero attached hydrogens (tertiary/aromatic N) is 1. The van der Waals surface area contributed by atoms with E-state index in [0.29, 0.717) is 11.1 Å². The second-order valence-electron chi connectivity index (χ2n) is 9.56. The van der Waals surface area contributed by atoms with E-state index in [2.05, 4.69) is 34.6 Å². The lowest BCUT2D eigenvalue weighted by atomic mass is 9.65. The highest BCUT2D eigenvalue weighted by Gasteiger charge is 2.51. The first kappa shape index (κ1) is 24.7. The number of carbonyl (C=O) groups is 1. The molecule has 0 bridgehead atoms. The standard InChI is InChI=1S/C27H36ClN3O3/c1-5-13-31-14-12-27(19-7-9-23(33-3)24(15-19)34-4)11-10-21(17-25(27)31)29-26(32)30-22-16-20(28)8-6-18(22)2/h6-9,15-16,21,25H,5,10-14,17H2,1-4H3,(H2,29,30,32). The number of aryl methyl sites for hydroxylation is 1. The van der Waals surface area contributed by atoms with Gasteiger partial charge in [0.15, 0.2) is 11.5 Å². The summed E-state index contributed by atoms with van der Waals surface area (Å²) in [5.74, 6) is 1.53. The van der Waals surface area contributed by atoms with Crippen LogP contribution in [-0.2, 0) is 5.41 Å². The highest BCUT2D eigenvalue weighted by atomic mass is 35.5. The zero-order chi connectivity index (χ0) is 24.3. The smallest absolute Gasteiger partial charge is 0.319 e. The van der Waals surface area contributed by atoms with Crippen LogP contribution in [0.2, 0.25) is 5.02 Å². The lowest BCUT2D eigenvalue weighted by Gasteiger charge is -2.45. The van der Waals surface area contributed by atoms with Gasteiger partial charge in [-0.1, -0.05) is 30.7 Å². The Hall–Kier alpha value is -2.44. The number of amides is 2. The fraction of sp³-hybridized carbons (Fsp3) is 0.519. The van der Waals surface area contributed by atoms with Crippen molar-refractivity contribution in [3.8, 4) is 11.5 Å². The largest absolute Gasteiger partial charge is 0.493 e.